The van der Waals surface area contributed by atoms with Crippen LogP contribution in [0.4, 0.5) is 10.5 Å². The average Bonchev–Trinajstić information content (AvgIpc) is 2.68. The van der Waals surface area contributed by atoms with Crippen molar-refractivity contribution in [3.05, 3.63) is 54.1 Å². The van der Waals surface area contributed by atoms with Crippen molar-refractivity contribution in [2.24, 2.45) is 5.73 Å². The molecule has 0 saturated carbocycles. The molecule has 0 aliphatic carbocycles. The zero-order valence-electron chi connectivity index (χ0n) is 17.1. The van der Waals surface area contributed by atoms with Crippen molar-refractivity contribution in [2.75, 3.05) is 37.6 Å². The lowest BCUT2D eigenvalue weighted by Crippen LogP contribution is -2.50. The molecule has 1 aliphatic rings. The maximum atomic E-state index is 12.3. The molecule has 2 aromatic carbocycles. The van der Waals surface area contributed by atoms with Crippen LogP contribution in [0, 0.1) is 0 Å². The maximum Gasteiger partial charge on any atom is 0.410 e. The molecule has 3 rings (SSSR count). The number of hydrogen-bond donors (Lipinski definition) is 1. The molecule has 0 spiro atoms. The van der Waals surface area contributed by atoms with Crippen LogP contribution in [0.5, 0.6) is 0 Å². The van der Waals surface area contributed by atoms with Crippen LogP contribution in [0.25, 0.3) is 11.1 Å². The van der Waals surface area contributed by atoms with E-state index in [2.05, 4.69) is 47.4 Å². The highest BCUT2D eigenvalue weighted by molar-refractivity contribution is 5.79. The Morgan fingerprint density at radius 1 is 1.04 bits per heavy atom. The third-order valence-corrected chi connectivity index (χ3v) is 4.85. The van der Waals surface area contributed by atoms with Crippen LogP contribution in [0.1, 0.15) is 26.3 Å². The van der Waals surface area contributed by atoms with E-state index in [1.54, 1.807) is 4.90 Å². The lowest BCUT2D eigenvalue weighted by atomic mass is 9.98. The van der Waals surface area contributed by atoms with E-state index in [0.717, 1.165) is 19.5 Å². The normalized spacial score (nSPS) is 14.9. The number of carbonyl (C=O) groups excluding carboxylic acids is 1. The fourth-order valence-corrected chi connectivity index (χ4v) is 3.49. The summed E-state index contributed by atoms with van der Waals surface area (Å²) in [5.41, 5.74) is 10.2. The van der Waals surface area contributed by atoms with Crippen molar-refractivity contribution in [1.29, 1.82) is 0 Å². The van der Waals surface area contributed by atoms with Gasteiger partial charge in [-0.05, 0) is 57.0 Å². The fourth-order valence-electron chi connectivity index (χ4n) is 3.49. The molecular weight excluding hydrogens is 350 g/mol. The molecule has 2 N–H and O–H groups in total. The van der Waals surface area contributed by atoms with E-state index in [-0.39, 0.29) is 6.09 Å². The van der Waals surface area contributed by atoms with Crippen molar-refractivity contribution in [1.82, 2.24) is 4.90 Å². The zero-order chi connectivity index (χ0) is 20.1. The Morgan fingerprint density at radius 3 is 2.32 bits per heavy atom. The van der Waals surface area contributed by atoms with E-state index in [4.69, 9.17) is 10.5 Å². The maximum absolute atomic E-state index is 12.3. The Hall–Kier alpha value is -2.53. The first-order chi connectivity index (χ1) is 13.4. The summed E-state index contributed by atoms with van der Waals surface area (Å²) in [5, 5.41) is 0. The monoisotopic (exact) mass is 381 g/mol. The number of carbonyl (C=O) groups is 1. The predicted octanol–water partition coefficient (Wildman–Crippen LogP) is 3.91. The van der Waals surface area contributed by atoms with E-state index < -0.39 is 5.60 Å². The summed E-state index contributed by atoms with van der Waals surface area (Å²) in [4.78, 5) is 16.5. The molecule has 0 radical (unpaired) electrons. The lowest BCUT2D eigenvalue weighted by Gasteiger charge is -2.37. The molecule has 1 heterocycles. The second-order valence-corrected chi connectivity index (χ2v) is 8.21. The van der Waals surface area contributed by atoms with Crippen molar-refractivity contribution in [2.45, 2.75) is 32.8 Å². The lowest BCUT2D eigenvalue weighted by molar-refractivity contribution is 0.0240. The van der Waals surface area contributed by atoms with Crippen molar-refractivity contribution in [3.63, 3.8) is 0 Å². The molecule has 0 atom stereocenters. The van der Waals surface area contributed by atoms with E-state index in [1.807, 2.05) is 26.8 Å². The van der Waals surface area contributed by atoms with Gasteiger partial charge in [-0.15, -0.1) is 0 Å². The first-order valence-corrected chi connectivity index (χ1v) is 9.99. The van der Waals surface area contributed by atoms with E-state index >= 15 is 0 Å². The highest BCUT2D eigenvalue weighted by Crippen LogP contribution is 2.33. The second-order valence-electron chi connectivity index (χ2n) is 8.21. The molecule has 5 nitrogen and oxygen atoms in total. The van der Waals surface area contributed by atoms with Gasteiger partial charge in [-0.25, -0.2) is 4.79 Å². The molecule has 5 heteroatoms. The standard InChI is InChI=1S/C23H31N3O2/c1-23(2,3)28-22(27)26-15-13-25(14-16-26)21-10-9-18(11-12-24)17-20(21)19-7-5-4-6-8-19/h4-10,17H,11-16,24H2,1-3H3. The number of hydrogen-bond acceptors (Lipinski definition) is 4. The number of benzene rings is 2. The minimum absolute atomic E-state index is 0.228. The van der Waals surface area contributed by atoms with E-state index in [9.17, 15) is 4.79 Å². The first-order valence-electron chi connectivity index (χ1n) is 9.99. The van der Waals surface area contributed by atoms with Crippen molar-refractivity contribution >= 4 is 11.8 Å². The molecule has 1 fully saturated rings. The Balaban J connectivity index is 1.78. The molecule has 150 valence electrons. The molecule has 2 aromatic rings. The molecule has 1 amide bonds. The van der Waals surface area contributed by atoms with Crippen molar-refractivity contribution < 1.29 is 9.53 Å². The Bertz CT molecular complexity index is 791. The van der Waals surface area contributed by atoms with Crippen LogP contribution in [-0.2, 0) is 11.2 Å². The summed E-state index contributed by atoms with van der Waals surface area (Å²) in [6, 6.07) is 17.0. The summed E-state index contributed by atoms with van der Waals surface area (Å²) in [6.07, 6.45) is 0.640. The number of amides is 1. The quantitative estimate of drug-likeness (QED) is 0.872. The number of ether oxygens (including phenoxy) is 1. The van der Waals surface area contributed by atoms with Gasteiger partial charge in [0.25, 0.3) is 0 Å². The van der Waals surface area contributed by atoms with Crippen LogP contribution >= 0.6 is 0 Å². The zero-order valence-corrected chi connectivity index (χ0v) is 17.1. The number of anilines is 1. The summed E-state index contributed by atoms with van der Waals surface area (Å²) in [5.74, 6) is 0. The average molecular weight is 382 g/mol. The van der Waals surface area contributed by atoms with Crippen LogP contribution in [0.15, 0.2) is 48.5 Å². The van der Waals surface area contributed by atoms with Gasteiger partial charge in [0, 0.05) is 37.4 Å². The van der Waals surface area contributed by atoms with Crippen LogP contribution < -0.4 is 10.6 Å². The van der Waals surface area contributed by atoms with Gasteiger partial charge in [0.05, 0.1) is 0 Å². The summed E-state index contributed by atoms with van der Waals surface area (Å²) in [7, 11) is 0. The SMILES string of the molecule is CC(C)(C)OC(=O)N1CCN(c2ccc(CCN)cc2-c2ccccc2)CC1. The topological polar surface area (TPSA) is 58.8 Å². The second kappa shape index (κ2) is 8.65. The Kier molecular flexibility index (Phi) is 6.25. The fraction of sp³-hybridized carbons (Fsp3) is 0.435. The molecule has 1 aliphatic heterocycles. The van der Waals surface area contributed by atoms with Crippen molar-refractivity contribution in [3.8, 4) is 11.1 Å². The van der Waals surface area contributed by atoms with Gasteiger partial charge in [0.1, 0.15) is 5.60 Å². The van der Waals surface area contributed by atoms with Gasteiger partial charge in [-0.2, -0.15) is 0 Å². The number of piperazine rings is 1. The predicted molar refractivity (Wildman–Crippen MR) is 115 cm³/mol. The molecular formula is C23H31N3O2. The first kappa shape index (κ1) is 20.2. The third-order valence-electron chi connectivity index (χ3n) is 4.85. The van der Waals surface area contributed by atoms with Gasteiger partial charge >= 0.3 is 6.09 Å². The number of rotatable bonds is 4. The van der Waals surface area contributed by atoms with Crippen LogP contribution in [-0.4, -0.2) is 49.3 Å². The number of nitrogens with zero attached hydrogens (tertiary/aromatic N) is 2. The number of nitrogens with two attached hydrogens (primary N) is 1. The summed E-state index contributed by atoms with van der Waals surface area (Å²) >= 11 is 0. The summed E-state index contributed by atoms with van der Waals surface area (Å²) in [6.45, 7) is 9.23. The van der Waals surface area contributed by atoms with Crippen LogP contribution in [0.2, 0.25) is 0 Å². The smallest absolute Gasteiger partial charge is 0.410 e. The Morgan fingerprint density at radius 2 is 1.71 bits per heavy atom. The highest BCUT2D eigenvalue weighted by atomic mass is 16.6. The van der Waals surface area contributed by atoms with Gasteiger partial charge in [0.2, 0.25) is 0 Å². The highest BCUT2D eigenvalue weighted by Gasteiger charge is 2.26. The van der Waals surface area contributed by atoms with Gasteiger partial charge < -0.3 is 20.3 Å². The molecule has 28 heavy (non-hydrogen) atoms. The molecule has 0 unspecified atom stereocenters. The Labute approximate surface area is 168 Å². The van der Waals surface area contributed by atoms with Gasteiger partial charge in [0.15, 0.2) is 0 Å². The van der Waals surface area contributed by atoms with Gasteiger partial charge in [-0.1, -0.05) is 36.4 Å². The summed E-state index contributed by atoms with van der Waals surface area (Å²) < 4.78 is 5.51. The van der Waals surface area contributed by atoms with E-state index in [1.165, 1.54) is 22.4 Å². The molecule has 0 aromatic heterocycles. The largest absolute Gasteiger partial charge is 0.444 e. The minimum Gasteiger partial charge on any atom is -0.444 e. The van der Waals surface area contributed by atoms with E-state index in [0.29, 0.717) is 19.6 Å². The van der Waals surface area contributed by atoms with Crippen LogP contribution in [0.3, 0.4) is 0 Å². The minimum atomic E-state index is -0.465. The molecule has 0 bridgehead atoms. The third kappa shape index (κ3) is 5.04. The van der Waals surface area contributed by atoms with Gasteiger partial charge in [-0.3, -0.25) is 0 Å². The molecule has 1 saturated heterocycles.